The van der Waals surface area contributed by atoms with E-state index in [1.807, 2.05) is 24.1 Å². The second-order valence-electron chi connectivity index (χ2n) is 4.35. The minimum atomic E-state index is -0.236. The maximum absolute atomic E-state index is 12.2. The molecule has 88 valence electrons. The monoisotopic (exact) mass is 222 g/mol. The highest BCUT2D eigenvalue weighted by atomic mass is 16.2. The number of rotatable bonds is 2. The standard InChI is InChI=1S/C11H18N4O/c1-9(15-7-3-5-13-15)11(16)14-6-2-4-10(12)8-14/h3,5,7,9-10H,2,4,6,8,12H2,1H3/t9?,10-/m1/s1. The van der Waals surface area contributed by atoms with E-state index >= 15 is 0 Å². The third-order valence-electron chi connectivity index (χ3n) is 3.05. The molecule has 2 heterocycles. The SMILES string of the molecule is CC(C(=O)N1CCC[C@@H](N)C1)n1cccn1. The van der Waals surface area contributed by atoms with E-state index in [2.05, 4.69) is 5.10 Å². The Morgan fingerprint density at radius 2 is 2.44 bits per heavy atom. The molecule has 0 radical (unpaired) electrons. The fraction of sp³-hybridized carbons (Fsp3) is 0.636. The number of aromatic nitrogens is 2. The first-order chi connectivity index (χ1) is 7.68. The van der Waals surface area contributed by atoms with Gasteiger partial charge in [0.05, 0.1) is 0 Å². The van der Waals surface area contributed by atoms with Crippen molar-refractivity contribution in [3.63, 3.8) is 0 Å². The van der Waals surface area contributed by atoms with Gasteiger partial charge in [0.25, 0.3) is 0 Å². The number of carbonyl (C=O) groups excluding carboxylic acids is 1. The normalized spacial score (nSPS) is 23.1. The number of hydrogen-bond donors (Lipinski definition) is 1. The molecular weight excluding hydrogens is 204 g/mol. The van der Waals surface area contributed by atoms with Crippen molar-refractivity contribution in [2.45, 2.75) is 31.8 Å². The van der Waals surface area contributed by atoms with Gasteiger partial charge < -0.3 is 10.6 Å². The maximum Gasteiger partial charge on any atom is 0.247 e. The quantitative estimate of drug-likeness (QED) is 0.787. The fourth-order valence-corrected chi connectivity index (χ4v) is 2.10. The number of hydrogen-bond acceptors (Lipinski definition) is 3. The minimum absolute atomic E-state index is 0.110. The summed E-state index contributed by atoms with van der Waals surface area (Å²) >= 11 is 0. The first kappa shape index (κ1) is 11.1. The summed E-state index contributed by atoms with van der Waals surface area (Å²) in [6.45, 7) is 3.36. The number of piperidine rings is 1. The molecule has 1 amide bonds. The van der Waals surface area contributed by atoms with E-state index in [0.717, 1.165) is 19.4 Å². The third-order valence-corrected chi connectivity index (χ3v) is 3.05. The molecule has 1 aliphatic heterocycles. The van der Waals surface area contributed by atoms with Gasteiger partial charge in [-0.15, -0.1) is 0 Å². The Morgan fingerprint density at radius 3 is 3.06 bits per heavy atom. The Morgan fingerprint density at radius 1 is 1.62 bits per heavy atom. The molecule has 0 aliphatic carbocycles. The molecule has 0 saturated carbocycles. The minimum Gasteiger partial charge on any atom is -0.339 e. The molecule has 1 saturated heterocycles. The van der Waals surface area contributed by atoms with Gasteiger partial charge in [-0.25, -0.2) is 0 Å². The van der Waals surface area contributed by atoms with Crippen LogP contribution < -0.4 is 5.73 Å². The highest BCUT2D eigenvalue weighted by Crippen LogP contribution is 2.14. The summed E-state index contributed by atoms with van der Waals surface area (Å²) in [4.78, 5) is 14.0. The first-order valence-electron chi connectivity index (χ1n) is 5.72. The van der Waals surface area contributed by atoms with Gasteiger partial charge in [-0.3, -0.25) is 9.48 Å². The van der Waals surface area contributed by atoms with Crippen LogP contribution in [0, 0.1) is 0 Å². The summed E-state index contributed by atoms with van der Waals surface area (Å²) in [5.41, 5.74) is 5.87. The zero-order chi connectivity index (χ0) is 11.5. The van der Waals surface area contributed by atoms with Crippen molar-refractivity contribution in [3.05, 3.63) is 18.5 Å². The van der Waals surface area contributed by atoms with E-state index in [-0.39, 0.29) is 18.0 Å². The number of nitrogens with zero attached hydrogens (tertiary/aromatic N) is 3. The Hall–Kier alpha value is -1.36. The van der Waals surface area contributed by atoms with Gasteiger partial charge in [-0.2, -0.15) is 5.10 Å². The lowest BCUT2D eigenvalue weighted by Gasteiger charge is -2.32. The van der Waals surface area contributed by atoms with Crippen molar-refractivity contribution >= 4 is 5.91 Å². The summed E-state index contributed by atoms with van der Waals surface area (Å²) < 4.78 is 1.68. The van der Waals surface area contributed by atoms with Crippen LogP contribution in [0.3, 0.4) is 0 Å². The van der Waals surface area contributed by atoms with Crippen LogP contribution in [0.4, 0.5) is 0 Å². The van der Waals surface area contributed by atoms with E-state index in [9.17, 15) is 4.79 Å². The van der Waals surface area contributed by atoms with Gasteiger partial charge in [-0.05, 0) is 25.8 Å². The van der Waals surface area contributed by atoms with Crippen LogP contribution in [-0.2, 0) is 4.79 Å². The molecule has 2 atom stereocenters. The van der Waals surface area contributed by atoms with Crippen LogP contribution in [0.25, 0.3) is 0 Å². The van der Waals surface area contributed by atoms with Crippen LogP contribution in [0.15, 0.2) is 18.5 Å². The molecule has 16 heavy (non-hydrogen) atoms. The van der Waals surface area contributed by atoms with Gasteiger partial charge in [0.2, 0.25) is 5.91 Å². The van der Waals surface area contributed by atoms with Gasteiger partial charge >= 0.3 is 0 Å². The van der Waals surface area contributed by atoms with Crippen LogP contribution in [-0.4, -0.2) is 39.7 Å². The summed E-state index contributed by atoms with van der Waals surface area (Å²) in [5.74, 6) is 0.110. The zero-order valence-electron chi connectivity index (χ0n) is 9.54. The van der Waals surface area contributed by atoms with Crippen molar-refractivity contribution in [1.82, 2.24) is 14.7 Å². The maximum atomic E-state index is 12.2. The van der Waals surface area contributed by atoms with Gasteiger partial charge in [0.15, 0.2) is 0 Å². The molecule has 1 aliphatic rings. The summed E-state index contributed by atoms with van der Waals surface area (Å²) in [6, 6.07) is 1.72. The molecule has 5 nitrogen and oxygen atoms in total. The van der Waals surface area contributed by atoms with E-state index in [1.54, 1.807) is 10.9 Å². The average molecular weight is 222 g/mol. The van der Waals surface area contributed by atoms with Crippen molar-refractivity contribution < 1.29 is 4.79 Å². The second kappa shape index (κ2) is 4.65. The lowest BCUT2D eigenvalue weighted by molar-refractivity contribution is -0.135. The molecule has 0 aromatic carbocycles. The van der Waals surface area contributed by atoms with Crippen LogP contribution >= 0.6 is 0 Å². The topological polar surface area (TPSA) is 64.2 Å². The molecule has 2 N–H and O–H groups in total. The number of nitrogens with two attached hydrogens (primary N) is 1. The number of likely N-dealkylation sites (tertiary alicyclic amines) is 1. The lowest BCUT2D eigenvalue weighted by Crippen LogP contribution is -2.47. The third kappa shape index (κ3) is 2.24. The van der Waals surface area contributed by atoms with Crippen LogP contribution in [0.1, 0.15) is 25.8 Å². The Kier molecular flexibility index (Phi) is 3.24. The van der Waals surface area contributed by atoms with Crippen LogP contribution in [0.2, 0.25) is 0 Å². The van der Waals surface area contributed by atoms with E-state index in [4.69, 9.17) is 5.73 Å². The molecule has 2 rings (SSSR count). The molecule has 1 aromatic heterocycles. The van der Waals surface area contributed by atoms with Gasteiger partial charge in [0, 0.05) is 31.5 Å². The second-order valence-corrected chi connectivity index (χ2v) is 4.35. The Bertz CT molecular complexity index is 349. The van der Waals surface area contributed by atoms with E-state index in [0.29, 0.717) is 6.54 Å². The van der Waals surface area contributed by atoms with E-state index < -0.39 is 0 Å². The van der Waals surface area contributed by atoms with Crippen molar-refractivity contribution in [2.24, 2.45) is 5.73 Å². The predicted octanol–water partition coefficient (Wildman–Crippen LogP) is 0.394. The zero-order valence-corrected chi connectivity index (χ0v) is 9.54. The first-order valence-corrected chi connectivity index (χ1v) is 5.72. The summed E-state index contributed by atoms with van der Waals surface area (Å²) in [7, 11) is 0. The highest BCUT2D eigenvalue weighted by molar-refractivity contribution is 5.80. The molecule has 1 aromatic rings. The fourth-order valence-electron chi connectivity index (χ4n) is 2.10. The Balaban J connectivity index is 2.01. The Labute approximate surface area is 95.2 Å². The smallest absolute Gasteiger partial charge is 0.247 e. The molecule has 0 spiro atoms. The highest BCUT2D eigenvalue weighted by Gasteiger charge is 2.26. The summed E-state index contributed by atoms with van der Waals surface area (Å²) in [6.07, 6.45) is 5.51. The number of amides is 1. The molecular formula is C11H18N4O. The average Bonchev–Trinajstić information content (AvgIpc) is 2.80. The van der Waals surface area contributed by atoms with Crippen LogP contribution in [0.5, 0.6) is 0 Å². The molecule has 1 fully saturated rings. The molecule has 0 bridgehead atoms. The van der Waals surface area contributed by atoms with Crippen molar-refractivity contribution in [2.75, 3.05) is 13.1 Å². The van der Waals surface area contributed by atoms with Crippen molar-refractivity contribution in [3.8, 4) is 0 Å². The van der Waals surface area contributed by atoms with Crippen molar-refractivity contribution in [1.29, 1.82) is 0 Å². The van der Waals surface area contributed by atoms with Gasteiger partial charge in [-0.1, -0.05) is 0 Å². The predicted molar refractivity (Wildman–Crippen MR) is 60.7 cm³/mol. The number of carbonyl (C=O) groups is 1. The van der Waals surface area contributed by atoms with Gasteiger partial charge in [0.1, 0.15) is 6.04 Å². The molecule has 5 heteroatoms. The largest absolute Gasteiger partial charge is 0.339 e. The summed E-state index contributed by atoms with van der Waals surface area (Å²) in [5, 5.41) is 4.09. The lowest BCUT2D eigenvalue weighted by atomic mass is 10.1. The van der Waals surface area contributed by atoms with E-state index in [1.165, 1.54) is 0 Å². The molecule has 1 unspecified atom stereocenters.